The molecule has 35 heavy (non-hydrogen) atoms. The van der Waals surface area contributed by atoms with Crippen LogP contribution in [0.1, 0.15) is 71.0 Å². The molecule has 1 aliphatic heterocycles. The summed E-state index contributed by atoms with van der Waals surface area (Å²) in [4.78, 5) is 24.4. The quantitative estimate of drug-likeness (QED) is 0.355. The van der Waals surface area contributed by atoms with Gasteiger partial charge in [0.2, 0.25) is 0 Å². The molecule has 2 unspecified atom stereocenters. The highest BCUT2D eigenvalue weighted by atomic mass is 35.5. The smallest absolute Gasteiger partial charge is 0.311 e. The van der Waals surface area contributed by atoms with Gasteiger partial charge in [-0.15, -0.1) is 0 Å². The van der Waals surface area contributed by atoms with Gasteiger partial charge in [0.15, 0.2) is 5.78 Å². The van der Waals surface area contributed by atoms with E-state index in [0.717, 1.165) is 19.3 Å². The van der Waals surface area contributed by atoms with Gasteiger partial charge in [0.25, 0.3) is 0 Å². The number of carboxylic acids is 1. The molecule has 0 spiro atoms. The van der Waals surface area contributed by atoms with Crippen LogP contribution in [0.15, 0.2) is 60.7 Å². The molecular formula is C29H27ClO5. The van der Waals surface area contributed by atoms with Gasteiger partial charge in [-0.05, 0) is 79.5 Å². The highest BCUT2D eigenvalue weighted by Gasteiger charge is 2.29. The molecule has 6 heteroatoms. The number of carboxylic acid groups (broad SMARTS) is 1. The van der Waals surface area contributed by atoms with E-state index in [2.05, 4.69) is 24.3 Å². The van der Waals surface area contributed by atoms with E-state index in [4.69, 9.17) is 21.1 Å². The van der Waals surface area contributed by atoms with E-state index < -0.39 is 11.9 Å². The first kappa shape index (κ1) is 23.4. The van der Waals surface area contributed by atoms with E-state index in [0.29, 0.717) is 58.8 Å². The largest absolute Gasteiger partial charge is 0.493 e. The minimum Gasteiger partial charge on any atom is -0.493 e. The Morgan fingerprint density at radius 2 is 1.83 bits per heavy atom. The van der Waals surface area contributed by atoms with Crippen LogP contribution in [0.3, 0.4) is 0 Å². The minimum atomic E-state index is -0.896. The molecule has 1 heterocycles. The van der Waals surface area contributed by atoms with Gasteiger partial charge in [0.05, 0.1) is 17.5 Å². The van der Waals surface area contributed by atoms with Crippen molar-refractivity contribution >= 4 is 23.4 Å². The zero-order chi connectivity index (χ0) is 24.4. The number of ketones is 1. The second-order valence-corrected chi connectivity index (χ2v) is 9.63. The van der Waals surface area contributed by atoms with Crippen LogP contribution in [0.2, 0.25) is 5.02 Å². The number of aryl methyl sites for hydroxylation is 1. The lowest BCUT2D eigenvalue weighted by atomic mass is 9.80. The molecule has 0 saturated heterocycles. The van der Waals surface area contributed by atoms with Crippen molar-refractivity contribution < 1.29 is 24.2 Å². The Morgan fingerprint density at radius 3 is 2.63 bits per heavy atom. The van der Waals surface area contributed by atoms with Gasteiger partial charge >= 0.3 is 5.97 Å². The van der Waals surface area contributed by atoms with E-state index in [-0.39, 0.29) is 5.78 Å². The van der Waals surface area contributed by atoms with Gasteiger partial charge in [-0.25, -0.2) is 0 Å². The number of halogens is 1. The maximum absolute atomic E-state index is 12.8. The molecule has 180 valence electrons. The summed E-state index contributed by atoms with van der Waals surface area (Å²) >= 11 is 6.39. The predicted octanol–water partition coefficient (Wildman–Crippen LogP) is 7.17. The molecule has 0 radical (unpaired) electrons. The lowest BCUT2D eigenvalue weighted by Gasteiger charge is -2.25. The fourth-order valence-electron chi connectivity index (χ4n) is 5.16. The molecule has 0 fully saturated rings. The number of hydrogen-bond donors (Lipinski definition) is 1. The number of benzene rings is 3. The Bertz CT molecular complexity index is 1250. The summed E-state index contributed by atoms with van der Waals surface area (Å²) in [6.45, 7) is 0.328. The normalized spacial score (nSPS) is 18.7. The van der Waals surface area contributed by atoms with Crippen molar-refractivity contribution in [2.75, 3.05) is 6.61 Å². The maximum atomic E-state index is 12.8. The number of carbonyl (C=O) groups is 2. The number of aliphatic carboxylic acids is 1. The molecule has 0 aromatic heterocycles. The third-order valence-electron chi connectivity index (χ3n) is 7.02. The van der Waals surface area contributed by atoms with Crippen LogP contribution in [-0.4, -0.2) is 23.5 Å². The molecule has 3 aromatic rings. The maximum Gasteiger partial charge on any atom is 0.311 e. The second-order valence-electron chi connectivity index (χ2n) is 9.22. The predicted molar refractivity (Wildman–Crippen MR) is 134 cm³/mol. The fraction of sp³-hybridized carbons (Fsp3) is 0.310. The van der Waals surface area contributed by atoms with Crippen molar-refractivity contribution in [3.05, 3.63) is 87.9 Å². The van der Waals surface area contributed by atoms with Gasteiger partial charge in [-0.3, -0.25) is 9.59 Å². The molecule has 0 saturated carbocycles. The molecule has 0 bridgehead atoms. The van der Waals surface area contributed by atoms with Gasteiger partial charge in [-0.2, -0.15) is 0 Å². The first-order valence-corrected chi connectivity index (χ1v) is 12.5. The number of hydrogen-bond acceptors (Lipinski definition) is 4. The SMILES string of the molecule is O=C(CCC1CCCc2ccccc21)c1ccc(Oc2cc3c(cc2Cl)C(C(=O)O)CCO3)cc1. The van der Waals surface area contributed by atoms with E-state index in [1.807, 2.05) is 0 Å². The van der Waals surface area contributed by atoms with Crippen molar-refractivity contribution in [1.82, 2.24) is 0 Å². The van der Waals surface area contributed by atoms with Crippen LogP contribution in [0.4, 0.5) is 0 Å². The van der Waals surface area contributed by atoms with Crippen molar-refractivity contribution in [2.24, 2.45) is 0 Å². The summed E-state index contributed by atoms with van der Waals surface area (Å²) < 4.78 is 11.6. The summed E-state index contributed by atoms with van der Waals surface area (Å²) in [5.74, 6) is 0.422. The third kappa shape index (κ3) is 5.06. The standard InChI is InChI=1S/C29H27ClO5/c30-25-16-24-23(29(32)33)14-15-34-27(24)17-28(25)35-21-11-8-20(9-12-21)26(31)13-10-19-6-3-5-18-4-1-2-7-22(18)19/h1-2,4,7-9,11-12,16-17,19,23H,3,5-6,10,13-15H2,(H,32,33). The monoisotopic (exact) mass is 490 g/mol. The first-order chi connectivity index (χ1) is 17.0. The van der Waals surface area contributed by atoms with E-state index in [1.54, 1.807) is 36.4 Å². The van der Waals surface area contributed by atoms with E-state index >= 15 is 0 Å². The summed E-state index contributed by atoms with van der Waals surface area (Å²) in [5, 5.41) is 9.76. The fourth-order valence-corrected chi connectivity index (χ4v) is 5.37. The Balaban J connectivity index is 1.24. The number of rotatable bonds is 7. The molecule has 0 amide bonds. The van der Waals surface area contributed by atoms with Gasteiger partial charge < -0.3 is 14.6 Å². The van der Waals surface area contributed by atoms with Gasteiger partial charge in [0.1, 0.15) is 17.2 Å². The third-order valence-corrected chi connectivity index (χ3v) is 7.31. The lowest BCUT2D eigenvalue weighted by molar-refractivity contribution is -0.139. The number of fused-ring (bicyclic) bond motifs is 2. The summed E-state index contributed by atoms with van der Waals surface area (Å²) in [5.41, 5.74) is 4.03. The molecule has 3 aromatic carbocycles. The highest BCUT2D eigenvalue weighted by molar-refractivity contribution is 6.32. The van der Waals surface area contributed by atoms with Gasteiger partial charge in [-0.1, -0.05) is 35.9 Å². The number of Topliss-reactive ketones (excluding diaryl/α,β-unsaturated/α-hetero) is 1. The van der Waals surface area contributed by atoms with Crippen molar-refractivity contribution in [1.29, 1.82) is 0 Å². The van der Waals surface area contributed by atoms with Crippen LogP contribution in [0, 0.1) is 0 Å². The zero-order valence-electron chi connectivity index (χ0n) is 19.3. The van der Waals surface area contributed by atoms with E-state index in [9.17, 15) is 14.7 Å². The van der Waals surface area contributed by atoms with E-state index in [1.165, 1.54) is 17.5 Å². The summed E-state index contributed by atoms with van der Waals surface area (Å²) in [7, 11) is 0. The molecule has 1 aliphatic carbocycles. The highest BCUT2D eigenvalue weighted by Crippen LogP contribution is 2.42. The van der Waals surface area contributed by atoms with Crippen LogP contribution in [0.5, 0.6) is 17.2 Å². The van der Waals surface area contributed by atoms with Gasteiger partial charge in [0, 0.05) is 23.6 Å². The summed E-state index contributed by atoms with van der Waals surface area (Å²) in [6.07, 6.45) is 5.21. The van der Waals surface area contributed by atoms with Crippen LogP contribution >= 0.6 is 11.6 Å². The van der Waals surface area contributed by atoms with Crippen molar-refractivity contribution in [2.45, 2.75) is 50.4 Å². The molecule has 5 nitrogen and oxygen atoms in total. The second kappa shape index (κ2) is 10.1. The lowest BCUT2D eigenvalue weighted by Crippen LogP contribution is -2.20. The van der Waals surface area contributed by atoms with Crippen molar-refractivity contribution in [3.63, 3.8) is 0 Å². The number of ether oxygens (including phenoxy) is 2. The Kier molecular flexibility index (Phi) is 6.78. The topological polar surface area (TPSA) is 72.8 Å². The Labute approximate surface area is 209 Å². The van der Waals surface area contributed by atoms with Crippen LogP contribution in [-0.2, 0) is 11.2 Å². The molecular weight excluding hydrogens is 464 g/mol. The molecule has 5 rings (SSSR count). The molecule has 2 atom stereocenters. The van der Waals surface area contributed by atoms with Crippen molar-refractivity contribution in [3.8, 4) is 17.2 Å². The summed E-state index contributed by atoms with van der Waals surface area (Å²) in [6, 6.07) is 18.9. The average Bonchev–Trinajstić information content (AvgIpc) is 2.87. The van der Waals surface area contributed by atoms with Crippen LogP contribution < -0.4 is 9.47 Å². The number of carbonyl (C=O) groups excluding carboxylic acids is 1. The minimum absolute atomic E-state index is 0.125. The average molecular weight is 491 g/mol. The Morgan fingerprint density at radius 1 is 1.03 bits per heavy atom. The Hall–Kier alpha value is -3.31. The zero-order valence-corrected chi connectivity index (χ0v) is 20.1. The van der Waals surface area contributed by atoms with Crippen LogP contribution in [0.25, 0.3) is 0 Å². The molecule has 2 aliphatic rings. The molecule has 1 N–H and O–H groups in total. The first-order valence-electron chi connectivity index (χ1n) is 12.1.